The predicted octanol–water partition coefficient (Wildman–Crippen LogP) is 2.37. The van der Waals surface area contributed by atoms with Crippen molar-refractivity contribution in [1.29, 1.82) is 0 Å². The summed E-state index contributed by atoms with van der Waals surface area (Å²) in [4.78, 5) is 11.5. The van der Waals surface area contributed by atoms with Gasteiger partial charge in [-0.15, -0.1) is 0 Å². The average Bonchev–Trinajstić information content (AvgIpc) is 2.24. The van der Waals surface area contributed by atoms with Crippen LogP contribution in [0.4, 0.5) is 0 Å². The highest BCUT2D eigenvalue weighted by Gasteiger charge is 2.18. The minimum atomic E-state index is -0.292. The van der Waals surface area contributed by atoms with E-state index >= 15 is 0 Å². The van der Waals surface area contributed by atoms with Crippen molar-refractivity contribution in [1.82, 2.24) is 0 Å². The van der Waals surface area contributed by atoms with Crippen molar-refractivity contribution >= 4 is 17.6 Å². The molecular weight excluding hydrogens is 226 g/mol. The van der Waals surface area contributed by atoms with Gasteiger partial charge in [0.25, 0.3) is 0 Å². The van der Waals surface area contributed by atoms with Crippen molar-refractivity contribution in [3.05, 3.63) is 34.9 Å². The Kier molecular flexibility index (Phi) is 4.77. The molecule has 2 N–H and O–H groups in total. The summed E-state index contributed by atoms with van der Waals surface area (Å²) in [5, 5.41) is 0.633. The topological polar surface area (TPSA) is 52.3 Å². The van der Waals surface area contributed by atoms with Gasteiger partial charge < -0.3 is 10.5 Å². The molecule has 0 spiro atoms. The number of carbonyl (C=O) groups excluding carboxylic acids is 1. The Morgan fingerprint density at radius 1 is 1.50 bits per heavy atom. The molecule has 0 aliphatic heterocycles. The SMILES string of the molecule is CC(N)C(C)C(=O)OCc1cccc(Cl)c1. The molecule has 1 aromatic carbocycles. The number of benzene rings is 1. The molecule has 4 heteroatoms. The van der Waals surface area contributed by atoms with Gasteiger partial charge in [0.15, 0.2) is 0 Å². The molecule has 0 heterocycles. The Labute approximate surface area is 101 Å². The standard InChI is InChI=1S/C12H16ClNO2/c1-8(9(2)14)12(15)16-7-10-4-3-5-11(13)6-10/h3-6,8-9H,7,14H2,1-2H3. The number of ether oxygens (including phenoxy) is 1. The largest absolute Gasteiger partial charge is 0.461 e. The summed E-state index contributed by atoms with van der Waals surface area (Å²) in [7, 11) is 0. The van der Waals surface area contributed by atoms with Gasteiger partial charge in [-0.25, -0.2) is 0 Å². The minimum Gasteiger partial charge on any atom is -0.461 e. The van der Waals surface area contributed by atoms with Crippen LogP contribution in [0.5, 0.6) is 0 Å². The van der Waals surface area contributed by atoms with E-state index in [4.69, 9.17) is 22.1 Å². The monoisotopic (exact) mass is 241 g/mol. The molecule has 0 fully saturated rings. The average molecular weight is 242 g/mol. The van der Waals surface area contributed by atoms with Crippen molar-refractivity contribution in [2.24, 2.45) is 11.7 Å². The Hall–Kier alpha value is -1.06. The second-order valence-electron chi connectivity index (χ2n) is 3.89. The molecular formula is C12H16ClNO2. The molecule has 3 nitrogen and oxygen atoms in total. The molecule has 0 radical (unpaired) electrons. The molecule has 2 atom stereocenters. The van der Waals surface area contributed by atoms with Crippen LogP contribution in [0, 0.1) is 5.92 Å². The van der Waals surface area contributed by atoms with E-state index in [-0.39, 0.29) is 24.5 Å². The molecule has 0 bridgehead atoms. The highest BCUT2D eigenvalue weighted by molar-refractivity contribution is 6.30. The van der Waals surface area contributed by atoms with E-state index in [0.717, 1.165) is 5.56 Å². The first kappa shape index (κ1) is 13.0. The van der Waals surface area contributed by atoms with E-state index < -0.39 is 0 Å². The number of halogens is 1. The molecule has 0 aliphatic carbocycles. The zero-order valence-electron chi connectivity index (χ0n) is 9.44. The quantitative estimate of drug-likeness (QED) is 0.824. The molecule has 0 saturated heterocycles. The number of nitrogens with two attached hydrogens (primary N) is 1. The summed E-state index contributed by atoms with van der Waals surface area (Å²) in [5.41, 5.74) is 6.48. The molecule has 88 valence electrons. The fourth-order valence-corrected chi connectivity index (χ4v) is 1.34. The van der Waals surface area contributed by atoms with Crippen molar-refractivity contribution in [2.45, 2.75) is 26.5 Å². The molecule has 1 aromatic rings. The molecule has 0 aromatic heterocycles. The van der Waals surface area contributed by atoms with Crippen molar-refractivity contribution in [3.63, 3.8) is 0 Å². The van der Waals surface area contributed by atoms with Gasteiger partial charge in [-0.3, -0.25) is 4.79 Å². The van der Waals surface area contributed by atoms with E-state index in [1.54, 1.807) is 26.0 Å². The number of esters is 1. The number of carbonyl (C=O) groups is 1. The minimum absolute atomic E-state index is 0.202. The van der Waals surface area contributed by atoms with Crippen molar-refractivity contribution in [3.8, 4) is 0 Å². The summed E-state index contributed by atoms with van der Waals surface area (Å²) in [6.07, 6.45) is 0. The van der Waals surface area contributed by atoms with E-state index in [1.165, 1.54) is 0 Å². The van der Waals surface area contributed by atoms with Gasteiger partial charge in [-0.05, 0) is 24.6 Å². The van der Waals surface area contributed by atoms with E-state index in [0.29, 0.717) is 5.02 Å². The van der Waals surface area contributed by atoms with Crippen LogP contribution in [-0.4, -0.2) is 12.0 Å². The zero-order valence-corrected chi connectivity index (χ0v) is 10.2. The number of rotatable bonds is 4. The van der Waals surface area contributed by atoms with Crippen molar-refractivity contribution < 1.29 is 9.53 Å². The lowest BCUT2D eigenvalue weighted by atomic mass is 10.1. The van der Waals surface area contributed by atoms with Crippen LogP contribution >= 0.6 is 11.6 Å². The van der Waals surface area contributed by atoms with Gasteiger partial charge in [0.2, 0.25) is 0 Å². The Bertz CT molecular complexity index is 366. The maximum Gasteiger partial charge on any atom is 0.310 e. The van der Waals surface area contributed by atoms with Crippen LogP contribution in [0.25, 0.3) is 0 Å². The molecule has 16 heavy (non-hydrogen) atoms. The van der Waals surface area contributed by atoms with Gasteiger partial charge in [-0.1, -0.05) is 30.7 Å². The van der Waals surface area contributed by atoms with Gasteiger partial charge >= 0.3 is 5.97 Å². The molecule has 0 saturated carbocycles. The van der Waals surface area contributed by atoms with Crippen LogP contribution < -0.4 is 5.73 Å². The summed E-state index contributed by atoms with van der Waals surface area (Å²) in [5.74, 6) is -0.575. The molecule has 0 aliphatic rings. The number of hydrogen-bond donors (Lipinski definition) is 1. The summed E-state index contributed by atoms with van der Waals surface area (Å²) >= 11 is 5.81. The smallest absolute Gasteiger partial charge is 0.310 e. The Morgan fingerprint density at radius 2 is 2.19 bits per heavy atom. The first-order chi connectivity index (χ1) is 7.50. The lowest BCUT2D eigenvalue weighted by molar-refractivity contribution is -0.149. The third-order valence-electron chi connectivity index (χ3n) is 2.43. The maximum absolute atomic E-state index is 11.5. The van der Waals surface area contributed by atoms with E-state index in [9.17, 15) is 4.79 Å². The summed E-state index contributed by atoms with van der Waals surface area (Å²) in [6, 6.07) is 7.02. The highest BCUT2D eigenvalue weighted by atomic mass is 35.5. The second kappa shape index (κ2) is 5.87. The summed E-state index contributed by atoms with van der Waals surface area (Å²) in [6.45, 7) is 3.77. The second-order valence-corrected chi connectivity index (χ2v) is 4.32. The third-order valence-corrected chi connectivity index (χ3v) is 2.67. The maximum atomic E-state index is 11.5. The van der Waals surface area contributed by atoms with Crippen LogP contribution in [0.15, 0.2) is 24.3 Å². The fraction of sp³-hybridized carbons (Fsp3) is 0.417. The van der Waals surface area contributed by atoms with Crippen LogP contribution in [0.3, 0.4) is 0 Å². The van der Waals surface area contributed by atoms with Gasteiger partial charge in [0, 0.05) is 11.1 Å². The number of hydrogen-bond acceptors (Lipinski definition) is 3. The van der Waals surface area contributed by atoms with E-state index in [2.05, 4.69) is 0 Å². The first-order valence-corrected chi connectivity index (χ1v) is 5.55. The molecule has 2 unspecified atom stereocenters. The normalized spacial score (nSPS) is 14.2. The lowest BCUT2D eigenvalue weighted by Gasteiger charge is -2.14. The first-order valence-electron chi connectivity index (χ1n) is 5.17. The Balaban J connectivity index is 2.49. The van der Waals surface area contributed by atoms with Gasteiger partial charge in [-0.2, -0.15) is 0 Å². The van der Waals surface area contributed by atoms with Gasteiger partial charge in [0.1, 0.15) is 6.61 Å². The van der Waals surface area contributed by atoms with E-state index in [1.807, 2.05) is 12.1 Å². The zero-order chi connectivity index (χ0) is 12.1. The highest BCUT2D eigenvalue weighted by Crippen LogP contribution is 2.12. The van der Waals surface area contributed by atoms with Gasteiger partial charge in [0.05, 0.1) is 5.92 Å². The summed E-state index contributed by atoms with van der Waals surface area (Å²) < 4.78 is 5.13. The molecule has 0 amide bonds. The van der Waals surface area contributed by atoms with Crippen LogP contribution in [-0.2, 0) is 16.1 Å². The van der Waals surface area contributed by atoms with Crippen LogP contribution in [0.1, 0.15) is 19.4 Å². The lowest BCUT2D eigenvalue weighted by Crippen LogP contribution is -2.31. The molecule has 1 rings (SSSR count). The van der Waals surface area contributed by atoms with Crippen LogP contribution in [0.2, 0.25) is 5.02 Å². The van der Waals surface area contributed by atoms with Crippen molar-refractivity contribution in [2.75, 3.05) is 0 Å². The Morgan fingerprint density at radius 3 is 2.75 bits per heavy atom. The fourth-order valence-electron chi connectivity index (χ4n) is 1.13. The predicted molar refractivity (Wildman–Crippen MR) is 64.1 cm³/mol. The third kappa shape index (κ3) is 3.83.